The summed E-state index contributed by atoms with van der Waals surface area (Å²) in [5.74, 6) is -1.99. The molecule has 0 spiro atoms. The van der Waals surface area contributed by atoms with E-state index in [1.54, 1.807) is 0 Å². The molecule has 1 amide bonds. The summed E-state index contributed by atoms with van der Waals surface area (Å²) in [7, 11) is 0. The molecule has 2 N–H and O–H groups in total. The molecule has 0 atom stereocenters. The maximum atomic E-state index is 13.5. The predicted octanol–water partition coefficient (Wildman–Crippen LogP) is 3.70. The van der Waals surface area contributed by atoms with Crippen molar-refractivity contribution >= 4 is 29.0 Å². The molecule has 0 bridgehead atoms. The number of para-hydroxylation sites is 1. The molecule has 4 nitrogen and oxygen atoms in total. The summed E-state index contributed by atoms with van der Waals surface area (Å²) >= 11 is 5.90. The molecule has 0 aliphatic heterocycles. The van der Waals surface area contributed by atoms with Crippen LogP contribution in [0, 0.1) is 11.6 Å². The average molecular weight is 312 g/mol. The van der Waals surface area contributed by atoms with Gasteiger partial charge in [0.25, 0.3) is 5.91 Å². The fraction of sp³-hybridized carbons (Fsp3) is 0.143. The van der Waals surface area contributed by atoms with E-state index < -0.39 is 23.2 Å². The first-order valence-corrected chi connectivity index (χ1v) is 6.55. The van der Waals surface area contributed by atoms with E-state index in [1.807, 2.05) is 6.92 Å². The maximum Gasteiger partial charge on any atom is 0.257 e. The number of carbonyl (C=O) groups excluding carboxylic acids is 1. The van der Waals surface area contributed by atoms with Crippen molar-refractivity contribution in [2.75, 3.05) is 17.2 Å². The first-order chi connectivity index (χ1) is 10.0. The van der Waals surface area contributed by atoms with Crippen LogP contribution in [0.2, 0.25) is 5.02 Å². The van der Waals surface area contributed by atoms with E-state index in [0.29, 0.717) is 12.4 Å². The standard InChI is InChI=1S/C14H12ClF2N3O/c1-2-18-12-6-8(9(15)7-19-12)14(21)20-13-10(16)4-3-5-11(13)17/h3-7H,2H2,1H3,(H,18,19)(H,20,21). The lowest BCUT2D eigenvalue weighted by Crippen LogP contribution is -2.15. The lowest BCUT2D eigenvalue weighted by molar-refractivity contribution is 0.102. The Bertz CT molecular complexity index is 659. The van der Waals surface area contributed by atoms with E-state index in [2.05, 4.69) is 15.6 Å². The zero-order valence-electron chi connectivity index (χ0n) is 11.1. The molecule has 1 aromatic heterocycles. The number of aromatic nitrogens is 1. The Morgan fingerprint density at radius 1 is 1.33 bits per heavy atom. The normalized spacial score (nSPS) is 10.3. The molecule has 0 saturated carbocycles. The molecule has 0 aliphatic rings. The van der Waals surface area contributed by atoms with E-state index in [4.69, 9.17) is 11.6 Å². The smallest absolute Gasteiger partial charge is 0.257 e. The lowest BCUT2D eigenvalue weighted by atomic mass is 10.2. The van der Waals surface area contributed by atoms with E-state index in [0.717, 1.165) is 12.1 Å². The fourth-order valence-electron chi connectivity index (χ4n) is 1.69. The SMILES string of the molecule is CCNc1cc(C(=O)Nc2c(F)cccc2F)c(Cl)cn1. The third kappa shape index (κ3) is 3.46. The number of benzene rings is 1. The average Bonchev–Trinajstić information content (AvgIpc) is 2.45. The van der Waals surface area contributed by atoms with Gasteiger partial charge in [0.1, 0.15) is 23.1 Å². The number of amides is 1. The van der Waals surface area contributed by atoms with Crippen molar-refractivity contribution in [1.29, 1.82) is 0 Å². The molecule has 110 valence electrons. The highest BCUT2D eigenvalue weighted by molar-refractivity contribution is 6.34. The number of pyridine rings is 1. The Morgan fingerprint density at radius 3 is 2.62 bits per heavy atom. The number of halogens is 3. The van der Waals surface area contributed by atoms with Crippen LogP contribution in [0.5, 0.6) is 0 Å². The fourth-order valence-corrected chi connectivity index (χ4v) is 1.88. The van der Waals surface area contributed by atoms with Crippen LogP contribution in [-0.4, -0.2) is 17.4 Å². The second-order valence-corrected chi connectivity index (χ2v) is 4.54. The lowest BCUT2D eigenvalue weighted by Gasteiger charge is -2.10. The van der Waals surface area contributed by atoms with Crippen molar-refractivity contribution in [3.05, 3.63) is 52.7 Å². The number of carbonyl (C=O) groups is 1. The van der Waals surface area contributed by atoms with Gasteiger partial charge >= 0.3 is 0 Å². The molecular formula is C14H12ClF2N3O. The Morgan fingerprint density at radius 2 is 2.00 bits per heavy atom. The second kappa shape index (κ2) is 6.49. The molecule has 0 unspecified atom stereocenters. The van der Waals surface area contributed by atoms with Gasteiger partial charge in [0, 0.05) is 12.7 Å². The molecule has 2 rings (SSSR count). The molecule has 21 heavy (non-hydrogen) atoms. The molecule has 0 fully saturated rings. The van der Waals surface area contributed by atoms with Crippen LogP contribution in [0.1, 0.15) is 17.3 Å². The topological polar surface area (TPSA) is 54.0 Å². The van der Waals surface area contributed by atoms with Gasteiger partial charge in [0.15, 0.2) is 0 Å². The van der Waals surface area contributed by atoms with E-state index >= 15 is 0 Å². The van der Waals surface area contributed by atoms with Crippen molar-refractivity contribution in [2.24, 2.45) is 0 Å². The van der Waals surface area contributed by atoms with Gasteiger partial charge in [-0.25, -0.2) is 13.8 Å². The zero-order chi connectivity index (χ0) is 15.4. The summed E-state index contributed by atoms with van der Waals surface area (Å²) in [6, 6.07) is 4.73. The van der Waals surface area contributed by atoms with E-state index in [-0.39, 0.29) is 10.6 Å². The molecule has 2 aromatic rings. The van der Waals surface area contributed by atoms with Crippen LogP contribution >= 0.6 is 11.6 Å². The van der Waals surface area contributed by atoms with Gasteiger partial charge in [-0.05, 0) is 25.1 Å². The highest BCUT2D eigenvalue weighted by Crippen LogP contribution is 2.22. The first-order valence-electron chi connectivity index (χ1n) is 6.17. The Hall–Kier alpha value is -2.21. The van der Waals surface area contributed by atoms with E-state index in [9.17, 15) is 13.6 Å². The van der Waals surface area contributed by atoms with Crippen molar-refractivity contribution in [1.82, 2.24) is 4.98 Å². The molecular weight excluding hydrogens is 300 g/mol. The molecule has 1 heterocycles. The quantitative estimate of drug-likeness (QED) is 0.905. The highest BCUT2D eigenvalue weighted by atomic mass is 35.5. The van der Waals surface area contributed by atoms with Crippen molar-refractivity contribution in [2.45, 2.75) is 6.92 Å². The Kier molecular flexibility index (Phi) is 4.70. The summed E-state index contributed by atoms with van der Waals surface area (Å²) in [6.45, 7) is 2.47. The van der Waals surface area contributed by atoms with Gasteiger partial charge in [-0.2, -0.15) is 0 Å². The number of anilines is 2. The van der Waals surface area contributed by atoms with Crippen LogP contribution in [0.25, 0.3) is 0 Å². The minimum atomic E-state index is -0.861. The molecule has 0 saturated heterocycles. The third-order valence-electron chi connectivity index (χ3n) is 2.66. The number of hydrogen-bond donors (Lipinski definition) is 2. The third-order valence-corrected chi connectivity index (χ3v) is 2.96. The largest absolute Gasteiger partial charge is 0.370 e. The van der Waals surface area contributed by atoms with Crippen LogP contribution in [0.3, 0.4) is 0 Å². The van der Waals surface area contributed by atoms with Crippen LogP contribution in [0.4, 0.5) is 20.3 Å². The summed E-state index contributed by atoms with van der Waals surface area (Å²) < 4.78 is 27.0. The molecule has 0 aliphatic carbocycles. The number of rotatable bonds is 4. The minimum absolute atomic E-state index is 0.0743. The Labute approximate surface area is 125 Å². The Balaban J connectivity index is 2.30. The number of nitrogens with zero attached hydrogens (tertiary/aromatic N) is 1. The first kappa shape index (κ1) is 15.2. The van der Waals surface area contributed by atoms with Gasteiger partial charge in [-0.3, -0.25) is 4.79 Å². The molecule has 7 heteroatoms. The predicted molar refractivity (Wildman–Crippen MR) is 77.7 cm³/mol. The van der Waals surface area contributed by atoms with Crippen LogP contribution in [-0.2, 0) is 0 Å². The van der Waals surface area contributed by atoms with Gasteiger partial charge in [-0.1, -0.05) is 17.7 Å². The molecule has 1 aromatic carbocycles. The number of nitrogens with one attached hydrogen (secondary N) is 2. The summed E-state index contributed by atoms with van der Waals surface area (Å²) in [5, 5.41) is 5.18. The number of hydrogen-bond acceptors (Lipinski definition) is 3. The van der Waals surface area contributed by atoms with Crippen molar-refractivity contribution in [3.8, 4) is 0 Å². The minimum Gasteiger partial charge on any atom is -0.370 e. The van der Waals surface area contributed by atoms with Gasteiger partial charge in [0.05, 0.1) is 10.6 Å². The van der Waals surface area contributed by atoms with E-state index in [1.165, 1.54) is 18.3 Å². The highest BCUT2D eigenvalue weighted by Gasteiger charge is 2.16. The van der Waals surface area contributed by atoms with Gasteiger partial charge < -0.3 is 10.6 Å². The van der Waals surface area contributed by atoms with Crippen LogP contribution < -0.4 is 10.6 Å². The molecule has 0 radical (unpaired) electrons. The summed E-state index contributed by atoms with van der Waals surface area (Å²) in [4.78, 5) is 16.1. The summed E-state index contributed by atoms with van der Waals surface area (Å²) in [5.41, 5.74) is -0.439. The monoisotopic (exact) mass is 311 g/mol. The maximum absolute atomic E-state index is 13.5. The zero-order valence-corrected chi connectivity index (χ0v) is 11.8. The van der Waals surface area contributed by atoms with Crippen LogP contribution in [0.15, 0.2) is 30.5 Å². The van der Waals surface area contributed by atoms with Gasteiger partial charge in [-0.15, -0.1) is 0 Å². The summed E-state index contributed by atoms with van der Waals surface area (Å²) in [6.07, 6.45) is 1.30. The second-order valence-electron chi connectivity index (χ2n) is 4.13. The van der Waals surface area contributed by atoms with Gasteiger partial charge in [0.2, 0.25) is 0 Å². The van der Waals surface area contributed by atoms with Crippen molar-refractivity contribution in [3.63, 3.8) is 0 Å². The van der Waals surface area contributed by atoms with Crippen molar-refractivity contribution < 1.29 is 13.6 Å².